The van der Waals surface area contributed by atoms with Gasteiger partial charge in [-0.05, 0) is 58.8 Å². The van der Waals surface area contributed by atoms with Gasteiger partial charge in [-0.15, -0.1) is 0 Å². The maximum absolute atomic E-state index is 12.0. The summed E-state index contributed by atoms with van der Waals surface area (Å²) in [7, 11) is 0. The van der Waals surface area contributed by atoms with E-state index in [1.165, 1.54) is 19.3 Å². The predicted molar refractivity (Wildman–Crippen MR) is 104 cm³/mol. The summed E-state index contributed by atoms with van der Waals surface area (Å²) in [5, 5.41) is 8.57. The van der Waals surface area contributed by atoms with E-state index in [0.717, 1.165) is 51.6 Å². The average molecular weight is 368 g/mol. The van der Waals surface area contributed by atoms with Crippen LogP contribution in [0, 0.1) is 5.92 Å². The molecule has 1 aliphatic rings. The van der Waals surface area contributed by atoms with Crippen molar-refractivity contribution in [1.29, 1.82) is 0 Å². The Labute approximate surface area is 158 Å². The molecule has 1 heterocycles. The lowest BCUT2D eigenvalue weighted by Gasteiger charge is -2.32. The molecule has 0 radical (unpaired) electrons. The van der Waals surface area contributed by atoms with Crippen LogP contribution < -0.4 is 0 Å². The molecule has 0 atom stereocenters. The van der Waals surface area contributed by atoms with Crippen molar-refractivity contribution in [3.05, 3.63) is 12.2 Å². The number of piperidine rings is 1. The molecule has 1 N–H and O–H groups in total. The number of carboxylic acid groups (broad SMARTS) is 1. The second-order valence-corrected chi connectivity index (χ2v) is 8.29. The van der Waals surface area contributed by atoms with Crippen molar-refractivity contribution < 1.29 is 19.4 Å². The number of amides is 1. The summed E-state index contributed by atoms with van der Waals surface area (Å²) in [6.07, 6.45) is 14.4. The first kappa shape index (κ1) is 22.5. The Kier molecular flexibility index (Phi) is 10.4. The van der Waals surface area contributed by atoms with Crippen LogP contribution in [0.3, 0.4) is 0 Å². The van der Waals surface area contributed by atoms with Crippen LogP contribution in [-0.2, 0) is 9.53 Å². The zero-order chi connectivity index (χ0) is 19.4. The van der Waals surface area contributed by atoms with E-state index in [2.05, 4.69) is 12.2 Å². The molecule has 0 saturated carbocycles. The van der Waals surface area contributed by atoms with E-state index >= 15 is 0 Å². The van der Waals surface area contributed by atoms with E-state index in [1.807, 2.05) is 25.7 Å². The Morgan fingerprint density at radius 2 is 1.62 bits per heavy atom. The standard InChI is InChI=1S/C21H37NO4/c1-21(2,3)26-20(25)22-16-14-18(15-17-22)12-10-8-6-4-5-7-9-11-13-19(23)24/h10,12,18H,4-9,11,13-17H2,1-3H3,(H,23,24). The van der Waals surface area contributed by atoms with Crippen LogP contribution in [0.25, 0.3) is 0 Å². The molecule has 1 saturated heterocycles. The molecule has 0 aromatic rings. The Morgan fingerprint density at radius 3 is 2.19 bits per heavy atom. The number of hydrogen-bond donors (Lipinski definition) is 1. The number of carbonyl (C=O) groups excluding carboxylic acids is 1. The van der Waals surface area contributed by atoms with E-state index in [4.69, 9.17) is 9.84 Å². The summed E-state index contributed by atoms with van der Waals surface area (Å²) in [4.78, 5) is 24.3. The number of unbranched alkanes of at least 4 members (excludes halogenated alkanes) is 6. The number of carboxylic acids is 1. The largest absolute Gasteiger partial charge is 0.481 e. The van der Waals surface area contributed by atoms with E-state index in [9.17, 15) is 9.59 Å². The van der Waals surface area contributed by atoms with Crippen LogP contribution in [-0.4, -0.2) is 40.8 Å². The molecule has 26 heavy (non-hydrogen) atoms. The second-order valence-electron chi connectivity index (χ2n) is 8.29. The first-order chi connectivity index (χ1) is 12.3. The maximum Gasteiger partial charge on any atom is 0.410 e. The Bertz CT molecular complexity index is 445. The molecular weight excluding hydrogens is 330 g/mol. The lowest BCUT2D eigenvalue weighted by Crippen LogP contribution is -2.41. The molecule has 0 spiro atoms. The van der Waals surface area contributed by atoms with Crippen molar-refractivity contribution in [3.63, 3.8) is 0 Å². The highest BCUT2D eigenvalue weighted by molar-refractivity contribution is 5.68. The van der Waals surface area contributed by atoms with Crippen LogP contribution in [0.1, 0.15) is 85.0 Å². The minimum atomic E-state index is -0.688. The van der Waals surface area contributed by atoms with Gasteiger partial charge in [-0.3, -0.25) is 4.79 Å². The minimum Gasteiger partial charge on any atom is -0.481 e. The quantitative estimate of drug-likeness (QED) is 0.415. The topological polar surface area (TPSA) is 66.8 Å². The highest BCUT2D eigenvalue weighted by Gasteiger charge is 2.25. The zero-order valence-electron chi connectivity index (χ0n) is 16.8. The van der Waals surface area contributed by atoms with E-state index < -0.39 is 11.6 Å². The fourth-order valence-corrected chi connectivity index (χ4v) is 3.14. The van der Waals surface area contributed by atoms with Crippen LogP contribution in [0.15, 0.2) is 12.2 Å². The molecule has 0 unspecified atom stereocenters. The molecule has 1 aliphatic heterocycles. The maximum atomic E-state index is 12.0. The molecular formula is C21H37NO4. The Hall–Kier alpha value is -1.52. The molecule has 0 aromatic carbocycles. The molecule has 0 bridgehead atoms. The van der Waals surface area contributed by atoms with Crippen molar-refractivity contribution in [1.82, 2.24) is 4.90 Å². The van der Waals surface area contributed by atoms with Crippen molar-refractivity contribution in [2.45, 2.75) is 90.6 Å². The fourth-order valence-electron chi connectivity index (χ4n) is 3.14. The monoisotopic (exact) mass is 367 g/mol. The predicted octanol–water partition coefficient (Wildman–Crippen LogP) is 5.40. The summed E-state index contributed by atoms with van der Waals surface area (Å²) in [6.45, 7) is 7.25. The lowest BCUT2D eigenvalue weighted by molar-refractivity contribution is -0.137. The molecule has 1 rings (SSSR count). The number of likely N-dealkylation sites (tertiary alicyclic amines) is 1. The van der Waals surface area contributed by atoms with Gasteiger partial charge in [0.25, 0.3) is 0 Å². The number of allylic oxidation sites excluding steroid dienone is 2. The third-order valence-corrected chi connectivity index (χ3v) is 4.61. The van der Waals surface area contributed by atoms with Gasteiger partial charge in [-0.2, -0.15) is 0 Å². The van der Waals surface area contributed by atoms with Gasteiger partial charge < -0.3 is 14.7 Å². The number of ether oxygens (including phenoxy) is 1. The van der Waals surface area contributed by atoms with Crippen LogP contribution >= 0.6 is 0 Å². The van der Waals surface area contributed by atoms with Crippen molar-refractivity contribution in [2.75, 3.05) is 13.1 Å². The second kappa shape index (κ2) is 12.0. The average Bonchev–Trinajstić information content (AvgIpc) is 2.55. The molecule has 1 amide bonds. The van der Waals surface area contributed by atoms with Crippen LogP contribution in [0.5, 0.6) is 0 Å². The number of nitrogens with zero attached hydrogens (tertiary/aromatic N) is 1. The first-order valence-corrected chi connectivity index (χ1v) is 10.1. The van der Waals surface area contributed by atoms with Gasteiger partial charge in [0.15, 0.2) is 0 Å². The summed E-state index contributed by atoms with van der Waals surface area (Å²) in [6, 6.07) is 0. The van der Waals surface area contributed by atoms with Gasteiger partial charge in [-0.1, -0.05) is 37.8 Å². The highest BCUT2D eigenvalue weighted by atomic mass is 16.6. The number of aliphatic carboxylic acids is 1. The van der Waals surface area contributed by atoms with Crippen molar-refractivity contribution in [3.8, 4) is 0 Å². The zero-order valence-corrected chi connectivity index (χ0v) is 16.8. The van der Waals surface area contributed by atoms with Crippen molar-refractivity contribution in [2.24, 2.45) is 5.92 Å². The molecule has 5 nitrogen and oxygen atoms in total. The lowest BCUT2D eigenvalue weighted by atomic mass is 9.96. The number of carbonyl (C=O) groups is 2. The van der Waals surface area contributed by atoms with Gasteiger partial charge in [0.05, 0.1) is 0 Å². The Balaban J connectivity index is 2.03. The van der Waals surface area contributed by atoms with Gasteiger partial charge in [0, 0.05) is 19.5 Å². The molecule has 5 heteroatoms. The van der Waals surface area contributed by atoms with Gasteiger partial charge in [0.2, 0.25) is 0 Å². The van der Waals surface area contributed by atoms with Crippen LogP contribution in [0.2, 0.25) is 0 Å². The summed E-state index contributed by atoms with van der Waals surface area (Å²) in [5.74, 6) is -0.114. The number of rotatable bonds is 10. The van der Waals surface area contributed by atoms with E-state index in [1.54, 1.807) is 0 Å². The minimum absolute atomic E-state index is 0.191. The highest BCUT2D eigenvalue weighted by Crippen LogP contribution is 2.21. The van der Waals surface area contributed by atoms with Crippen LogP contribution in [0.4, 0.5) is 4.79 Å². The third kappa shape index (κ3) is 11.2. The summed E-state index contributed by atoms with van der Waals surface area (Å²) in [5.41, 5.74) is -0.426. The molecule has 1 fully saturated rings. The number of hydrogen-bond acceptors (Lipinski definition) is 3. The van der Waals surface area contributed by atoms with E-state index in [0.29, 0.717) is 12.3 Å². The first-order valence-electron chi connectivity index (χ1n) is 10.1. The Morgan fingerprint density at radius 1 is 1.04 bits per heavy atom. The normalized spacial score (nSPS) is 16.2. The fraction of sp³-hybridized carbons (Fsp3) is 0.810. The molecule has 0 aliphatic carbocycles. The van der Waals surface area contributed by atoms with Gasteiger partial charge >= 0.3 is 12.1 Å². The van der Waals surface area contributed by atoms with Gasteiger partial charge in [0.1, 0.15) is 5.60 Å². The molecule has 0 aromatic heterocycles. The third-order valence-electron chi connectivity index (χ3n) is 4.61. The van der Waals surface area contributed by atoms with Gasteiger partial charge in [-0.25, -0.2) is 4.79 Å². The molecule has 150 valence electrons. The summed E-state index contributed by atoms with van der Waals surface area (Å²) < 4.78 is 5.42. The van der Waals surface area contributed by atoms with E-state index in [-0.39, 0.29) is 6.09 Å². The SMILES string of the molecule is CC(C)(C)OC(=O)N1CCC(C=CCCCCCCCCC(=O)O)CC1. The summed E-state index contributed by atoms with van der Waals surface area (Å²) >= 11 is 0. The van der Waals surface area contributed by atoms with Crippen molar-refractivity contribution >= 4 is 12.1 Å². The smallest absolute Gasteiger partial charge is 0.410 e.